The Balaban J connectivity index is 1.88. The molecule has 2 fully saturated rings. The van der Waals surface area contributed by atoms with Crippen molar-refractivity contribution in [2.45, 2.75) is 52.5 Å². The van der Waals surface area contributed by atoms with E-state index < -0.39 is 0 Å². The van der Waals surface area contributed by atoms with Gasteiger partial charge in [-0.1, -0.05) is 20.8 Å². The van der Waals surface area contributed by atoms with Crippen molar-refractivity contribution in [3.63, 3.8) is 0 Å². The molecule has 0 aromatic carbocycles. The van der Waals surface area contributed by atoms with Crippen molar-refractivity contribution in [3.05, 3.63) is 0 Å². The molecule has 4 atom stereocenters. The van der Waals surface area contributed by atoms with Gasteiger partial charge in [-0.3, -0.25) is 9.59 Å². The normalized spacial score (nSPS) is 33.4. The molecule has 2 amide bonds. The van der Waals surface area contributed by atoms with Crippen LogP contribution in [0.4, 0.5) is 0 Å². The van der Waals surface area contributed by atoms with E-state index in [2.05, 4.69) is 31.4 Å². The van der Waals surface area contributed by atoms with E-state index in [1.54, 1.807) is 0 Å². The van der Waals surface area contributed by atoms with Crippen LogP contribution < -0.4 is 10.6 Å². The molecular formula is C15H26N2O2. The molecule has 0 bridgehead atoms. The van der Waals surface area contributed by atoms with Gasteiger partial charge in [-0.15, -0.1) is 0 Å². The molecule has 4 heteroatoms. The van der Waals surface area contributed by atoms with E-state index in [4.69, 9.17) is 0 Å². The molecule has 0 radical (unpaired) electrons. The second-order valence-corrected chi connectivity index (χ2v) is 6.18. The van der Waals surface area contributed by atoms with Crippen LogP contribution in [-0.2, 0) is 9.59 Å². The third-order valence-electron chi connectivity index (χ3n) is 5.06. The first-order chi connectivity index (χ1) is 9.06. The van der Waals surface area contributed by atoms with Gasteiger partial charge in [0.15, 0.2) is 0 Å². The summed E-state index contributed by atoms with van der Waals surface area (Å²) in [6, 6.07) is 0.345. The molecule has 2 rings (SSSR count). The Morgan fingerprint density at radius 3 is 2.74 bits per heavy atom. The minimum absolute atomic E-state index is 0.135. The fourth-order valence-electron chi connectivity index (χ4n) is 3.78. The van der Waals surface area contributed by atoms with Crippen LogP contribution in [0.25, 0.3) is 0 Å². The van der Waals surface area contributed by atoms with Crippen molar-refractivity contribution < 1.29 is 9.59 Å². The van der Waals surface area contributed by atoms with E-state index >= 15 is 0 Å². The lowest BCUT2D eigenvalue weighted by molar-refractivity contribution is -0.125. The number of rotatable bonds is 5. The summed E-state index contributed by atoms with van der Waals surface area (Å²) < 4.78 is 0. The highest BCUT2D eigenvalue weighted by Crippen LogP contribution is 2.41. The Bertz CT molecular complexity index is 352. The molecule has 1 saturated heterocycles. The highest BCUT2D eigenvalue weighted by molar-refractivity contribution is 5.80. The van der Waals surface area contributed by atoms with Crippen LogP contribution in [0.15, 0.2) is 0 Å². The summed E-state index contributed by atoms with van der Waals surface area (Å²) in [6.07, 6.45) is 3.49. The molecule has 0 aromatic rings. The van der Waals surface area contributed by atoms with Crippen molar-refractivity contribution in [2.75, 3.05) is 6.54 Å². The van der Waals surface area contributed by atoms with Crippen molar-refractivity contribution in [2.24, 2.45) is 23.7 Å². The van der Waals surface area contributed by atoms with Crippen LogP contribution >= 0.6 is 0 Å². The maximum absolute atomic E-state index is 12.0. The first kappa shape index (κ1) is 14.4. The van der Waals surface area contributed by atoms with E-state index in [1.807, 2.05) is 0 Å². The standard InChI is InChI=1S/C15H26N2O2/c1-4-10(5-2)15(19)16-8-12-9(3)6-13-11(12)7-14(18)17-13/h9-13H,4-8H2,1-3H3,(H,16,19)(H,17,18)/t9-,11-,12+,13+/m0/s1. The van der Waals surface area contributed by atoms with Crippen molar-refractivity contribution >= 4 is 11.8 Å². The topological polar surface area (TPSA) is 58.2 Å². The van der Waals surface area contributed by atoms with E-state index in [0.717, 1.165) is 25.8 Å². The summed E-state index contributed by atoms with van der Waals surface area (Å²) in [6.45, 7) is 7.08. The molecule has 4 nitrogen and oxygen atoms in total. The van der Waals surface area contributed by atoms with Crippen LogP contribution in [0.1, 0.15) is 46.5 Å². The Labute approximate surface area is 115 Å². The van der Waals surface area contributed by atoms with Gasteiger partial charge in [0.2, 0.25) is 11.8 Å². The number of hydrogen-bond acceptors (Lipinski definition) is 2. The minimum Gasteiger partial charge on any atom is -0.356 e. The van der Waals surface area contributed by atoms with E-state index in [9.17, 15) is 9.59 Å². The molecule has 1 aliphatic carbocycles. The average molecular weight is 266 g/mol. The molecule has 0 spiro atoms. The fraction of sp³-hybridized carbons (Fsp3) is 0.867. The number of fused-ring (bicyclic) bond motifs is 1. The van der Waals surface area contributed by atoms with E-state index in [1.165, 1.54) is 0 Å². The van der Waals surface area contributed by atoms with Crippen LogP contribution in [0.5, 0.6) is 0 Å². The summed E-state index contributed by atoms with van der Waals surface area (Å²) in [5.41, 5.74) is 0. The van der Waals surface area contributed by atoms with Crippen molar-refractivity contribution in [1.82, 2.24) is 10.6 Å². The Morgan fingerprint density at radius 2 is 2.11 bits per heavy atom. The molecule has 19 heavy (non-hydrogen) atoms. The first-order valence-corrected chi connectivity index (χ1v) is 7.63. The van der Waals surface area contributed by atoms with Gasteiger partial charge in [0.1, 0.15) is 0 Å². The zero-order chi connectivity index (χ0) is 14.0. The maximum Gasteiger partial charge on any atom is 0.223 e. The fourth-order valence-corrected chi connectivity index (χ4v) is 3.78. The van der Waals surface area contributed by atoms with Gasteiger partial charge >= 0.3 is 0 Å². The monoisotopic (exact) mass is 266 g/mol. The first-order valence-electron chi connectivity index (χ1n) is 7.63. The SMILES string of the molecule is CCC(CC)C(=O)NC[C@H]1[C@@H]2CC(=O)N[C@@H]2C[C@@H]1C. The van der Waals surface area contributed by atoms with Crippen molar-refractivity contribution in [3.8, 4) is 0 Å². The molecule has 0 unspecified atom stereocenters. The highest BCUT2D eigenvalue weighted by Gasteiger charge is 2.46. The van der Waals surface area contributed by atoms with Gasteiger partial charge in [0.25, 0.3) is 0 Å². The van der Waals surface area contributed by atoms with Crippen LogP contribution in [0.3, 0.4) is 0 Å². The average Bonchev–Trinajstić information content (AvgIpc) is 2.84. The lowest BCUT2D eigenvalue weighted by Gasteiger charge is -2.22. The van der Waals surface area contributed by atoms with Crippen LogP contribution in [0, 0.1) is 23.7 Å². The number of carbonyl (C=O) groups excluding carboxylic acids is 2. The number of carbonyl (C=O) groups is 2. The molecule has 2 aliphatic rings. The quantitative estimate of drug-likeness (QED) is 0.795. The zero-order valence-corrected chi connectivity index (χ0v) is 12.2. The Kier molecular flexibility index (Phi) is 4.48. The lowest BCUT2D eigenvalue weighted by Crippen LogP contribution is -2.37. The van der Waals surface area contributed by atoms with E-state index in [0.29, 0.717) is 30.2 Å². The van der Waals surface area contributed by atoms with E-state index in [-0.39, 0.29) is 17.7 Å². The maximum atomic E-state index is 12.0. The Hall–Kier alpha value is -1.06. The number of nitrogens with one attached hydrogen (secondary N) is 2. The number of hydrogen-bond donors (Lipinski definition) is 2. The third-order valence-corrected chi connectivity index (χ3v) is 5.06. The number of amides is 2. The highest BCUT2D eigenvalue weighted by atomic mass is 16.2. The lowest BCUT2D eigenvalue weighted by atomic mass is 9.88. The molecule has 1 heterocycles. The van der Waals surface area contributed by atoms with Gasteiger partial charge in [-0.05, 0) is 37.0 Å². The molecule has 2 N–H and O–H groups in total. The molecular weight excluding hydrogens is 240 g/mol. The second kappa shape index (κ2) is 5.93. The Morgan fingerprint density at radius 1 is 1.42 bits per heavy atom. The van der Waals surface area contributed by atoms with Gasteiger partial charge in [-0.2, -0.15) is 0 Å². The molecule has 1 saturated carbocycles. The predicted molar refractivity (Wildman–Crippen MR) is 74.4 cm³/mol. The van der Waals surface area contributed by atoms with Gasteiger partial charge in [0, 0.05) is 24.9 Å². The predicted octanol–water partition coefficient (Wildman–Crippen LogP) is 1.70. The summed E-state index contributed by atoms with van der Waals surface area (Å²) in [5, 5.41) is 6.16. The molecule has 108 valence electrons. The van der Waals surface area contributed by atoms with Crippen LogP contribution in [0.2, 0.25) is 0 Å². The smallest absolute Gasteiger partial charge is 0.223 e. The van der Waals surface area contributed by atoms with Crippen LogP contribution in [-0.4, -0.2) is 24.4 Å². The van der Waals surface area contributed by atoms with Gasteiger partial charge < -0.3 is 10.6 Å². The summed E-state index contributed by atoms with van der Waals surface area (Å²) in [4.78, 5) is 23.5. The van der Waals surface area contributed by atoms with Gasteiger partial charge in [0.05, 0.1) is 0 Å². The minimum atomic E-state index is 0.135. The summed E-state index contributed by atoms with van der Waals surface area (Å²) >= 11 is 0. The van der Waals surface area contributed by atoms with Gasteiger partial charge in [-0.25, -0.2) is 0 Å². The van der Waals surface area contributed by atoms with Crippen molar-refractivity contribution in [1.29, 1.82) is 0 Å². The summed E-state index contributed by atoms with van der Waals surface area (Å²) in [7, 11) is 0. The second-order valence-electron chi connectivity index (χ2n) is 6.18. The third kappa shape index (κ3) is 2.93. The molecule has 0 aromatic heterocycles. The largest absolute Gasteiger partial charge is 0.356 e. The summed E-state index contributed by atoms with van der Waals surface area (Å²) in [5.74, 6) is 1.94. The zero-order valence-electron chi connectivity index (χ0n) is 12.2. The molecule has 1 aliphatic heterocycles.